The number of carboxylic acids is 1. The highest BCUT2D eigenvalue weighted by atomic mass is 32.2. The normalized spacial score (nSPS) is 14.2. The highest BCUT2D eigenvalue weighted by molar-refractivity contribution is 7.99. The number of benzene rings is 1. The van der Waals surface area contributed by atoms with E-state index in [1.54, 1.807) is 23.1 Å². The van der Waals surface area contributed by atoms with E-state index in [2.05, 4.69) is 0 Å². The molecule has 0 aromatic heterocycles. The number of anilines is 1. The van der Waals surface area contributed by atoms with E-state index in [4.69, 9.17) is 5.11 Å². The number of amides is 1. The van der Waals surface area contributed by atoms with Gasteiger partial charge in [-0.05, 0) is 42.9 Å². The molecule has 0 fully saturated rings. The molecule has 4 nitrogen and oxygen atoms in total. The zero-order valence-electron chi connectivity index (χ0n) is 10.2. The van der Waals surface area contributed by atoms with Gasteiger partial charge in [0, 0.05) is 12.2 Å². The molecule has 1 N–H and O–H groups in total. The Morgan fingerprint density at radius 1 is 1.44 bits per heavy atom. The van der Waals surface area contributed by atoms with Crippen molar-refractivity contribution in [1.82, 2.24) is 0 Å². The second-order valence-corrected chi connectivity index (χ2v) is 5.10. The summed E-state index contributed by atoms with van der Waals surface area (Å²) in [7, 11) is 0. The van der Waals surface area contributed by atoms with Crippen molar-refractivity contribution in [3.63, 3.8) is 0 Å². The number of carboxylic acid groups (broad SMARTS) is 1. The maximum absolute atomic E-state index is 12.0. The van der Waals surface area contributed by atoms with Crippen molar-refractivity contribution in [2.24, 2.45) is 0 Å². The van der Waals surface area contributed by atoms with Gasteiger partial charge in [0.15, 0.2) is 0 Å². The Balaban J connectivity index is 2.32. The predicted octanol–water partition coefficient (Wildman–Crippen LogP) is 2.03. The van der Waals surface area contributed by atoms with Crippen LogP contribution in [-0.4, -0.2) is 35.5 Å². The number of aryl methyl sites for hydroxylation is 1. The average molecular weight is 265 g/mol. The molecule has 18 heavy (non-hydrogen) atoms. The van der Waals surface area contributed by atoms with Crippen molar-refractivity contribution in [2.45, 2.75) is 12.8 Å². The molecule has 0 atom stereocenters. The number of nitrogens with zero attached hydrogens (tertiary/aromatic N) is 1. The molecule has 0 saturated carbocycles. The van der Waals surface area contributed by atoms with E-state index >= 15 is 0 Å². The fourth-order valence-corrected chi connectivity index (χ4v) is 2.59. The van der Waals surface area contributed by atoms with Crippen LogP contribution in [0.4, 0.5) is 5.69 Å². The largest absolute Gasteiger partial charge is 0.478 e. The lowest BCUT2D eigenvalue weighted by Gasteiger charge is -2.29. The van der Waals surface area contributed by atoms with E-state index < -0.39 is 5.97 Å². The molecule has 0 saturated heterocycles. The molecule has 1 amide bonds. The molecule has 0 unspecified atom stereocenters. The van der Waals surface area contributed by atoms with E-state index in [-0.39, 0.29) is 11.5 Å². The molecule has 1 aliphatic rings. The molecule has 0 bridgehead atoms. The summed E-state index contributed by atoms with van der Waals surface area (Å²) < 4.78 is 0. The van der Waals surface area contributed by atoms with Crippen LogP contribution >= 0.6 is 11.8 Å². The Bertz CT molecular complexity index is 487. The van der Waals surface area contributed by atoms with Gasteiger partial charge < -0.3 is 10.0 Å². The fraction of sp³-hybridized carbons (Fsp3) is 0.385. The Labute approximate surface area is 110 Å². The van der Waals surface area contributed by atoms with Crippen molar-refractivity contribution in [3.8, 4) is 0 Å². The summed E-state index contributed by atoms with van der Waals surface area (Å²) in [6.45, 7) is 0.721. The van der Waals surface area contributed by atoms with Gasteiger partial charge in [-0.15, -0.1) is 0 Å². The molecule has 0 radical (unpaired) electrons. The molecule has 1 aromatic carbocycles. The summed E-state index contributed by atoms with van der Waals surface area (Å²) >= 11 is 1.50. The molecule has 1 aromatic rings. The molecule has 0 spiro atoms. The van der Waals surface area contributed by atoms with Crippen molar-refractivity contribution < 1.29 is 14.7 Å². The summed E-state index contributed by atoms with van der Waals surface area (Å²) in [5, 5.41) is 8.96. The van der Waals surface area contributed by atoms with Crippen molar-refractivity contribution in [1.29, 1.82) is 0 Å². The Kier molecular flexibility index (Phi) is 3.91. The molecule has 1 heterocycles. The molecule has 96 valence electrons. The van der Waals surface area contributed by atoms with Gasteiger partial charge in [-0.2, -0.15) is 11.8 Å². The molecular weight excluding hydrogens is 250 g/mol. The fourth-order valence-electron chi connectivity index (χ4n) is 2.19. The Hall–Kier alpha value is -1.49. The zero-order valence-corrected chi connectivity index (χ0v) is 11.0. The van der Waals surface area contributed by atoms with Crippen LogP contribution in [0.2, 0.25) is 0 Å². The van der Waals surface area contributed by atoms with E-state index in [0.29, 0.717) is 5.75 Å². The summed E-state index contributed by atoms with van der Waals surface area (Å²) in [6, 6.07) is 4.98. The highest BCUT2D eigenvalue weighted by Gasteiger charge is 2.22. The van der Waals surface area contributed by atoms with Crippen LogP contribution in [-0.2, 0) is 11.2 Å². The number of hydrogen-bond acceptors (Lipinski definition) is 3. The average Bonchev–Trinajstić information content (AvgIpc) is 2.37. The lowest BCUT2D eigenvalue weighted by molar-refractivity contribution is -0.116. The van der Waals surface area contributed by atoms with Gasteiger partial charge in [0.2, 0.25) is 5.91 Å². The minimum atomic E-state index is -0.926. The van der Waals surface area contributed by atoms with Crippen molar-refractivity contribution in [3.05, 3.63) is 29.3 Å². The van der Waals surface area contributed by atoms with E-state index in [1.165, 1.54) is 11.8 Å². The summed E-state index contributed by atoms with van der Waals surface area (Å²) in [4.78, 5) is 24.7. The molecule has 1 aliphatic heterocycles. The number of carbonyl (C=O) groups excluding carboxylic acids is 1. The Morgan fingerprint density at radius 2 is 2.22 bits per heavy atom. The second-order valence-electron chi connectivity index (χ2n) is 4.23. The third kappa shape index (κ3) is 2.51. The zero-order chi connectivity index (χ0) is 13.1. The van der Waals surface area contributed by atoms with Crippen LogP contribution < -0.4 is 4.90 Å². The minimum Gasteiger partial charge on any atom is -0.478 e. The van der Waals surface area contributed by atoms with Gasteiger partial charge in [-0.3, -0.25) is 4.79 Å². The lowest BCUT2D eigenvalue weighted by atomic mass is 9.99. The number of rotatable bonds is 3. The summed E-state index contributed by atoms with van der Waals surface area (Å²) in [5.74, 6) is -0.378. The standard InChI is InChI=1S/C13H15NO3S/c1-18-8-12(15)14-6-2-3-9-7-10(13(16)17)4-5-11(9)14/h4-5,7H,2-3,6,8H2,1H3,(H,16,17). The maximum Gasteiger partial charge on any atom is 0.335 e. The molecular formula is C13H15NO3S. The first kappa shape index (κ1) is 13.0. The number of hydrogen-bond donors (Lipinski definition) is 1. The first-order chi connectivity index (χ1) is 8.63. The van der Waals surface area contributed by atoms with Crippen LogP contribution in [0.25, 0.3) is 0 Å². The first-order valence-electron chi connectivity index (χ1n) is 5.79. The van der Waals surface area contributed by atoms with Gasteiger partial charge in [0.1, 0.15) is 0 Å². The minimum absolute atomic E-state index is 0.0894. The van der Waals surface area contributed by atoms with Gasteiger partial charge in [-0.1, -0.05) is 0 Å². The molecule has 0 aliphatic carbocycles. The first-order valence-corrected chi connectivity index (χ1v) is 7.18. The van der Waals surface area contributed by atoms with Gasteiger partial charge in [-0.25, -0.2) is 4.79 Å². The second kappa shape index (κ2) is 5.44. The van der Waals surface area contributed by atoms with E-state index in [0.717, 1.165) is 30.6 Å². The topological polar surface area (TPSA) is 57.6 Å². The van der Waals surface area contributed by atoms with E-state index in [1.807, 2.05) is 6.26 Å². The van der Waals surface area contributed by atoms with Crippen molar-refractivity contribution >= 4 is 29.3 Å². The number of thioether (sulfide) groups is 1. The summed E-state index contributed by atoms with van der Waals surface area (Å²) in [6.07, 6.45) is 3.62. The molecule has 2 rings (SSSR count). The van der Waals surface area contributed by atoms with Crippen molar-refractivity contribution in [2.75, 3.05) is 23.5 Å². The van der Waals surface area contributed by atoms with Gasteiger partial charge in [0.25, 0.3) is 0 Å². The maximum atomic E-state index is 12.0. The SMILES string of the molecule is CSCC(=O)N1CCCc2cc(C(=O)O)ccc21. The van der Waals surface area contributed by atoms with Gasteiger partial charge in [0.05, 0.1) is 11.3 Å². The third-order valence-electron chi connectivity index (χ3n) is 3.01. The third-order valence-corrected chi connectivity index (χ3v) is 3.55. The highest BCUT2D eigenvalue weighted by Crippen LogP contribution is 2.28. The van der Waals surface area contributed by atoms with Gasteiger partial charge >= 0.3 is 5.97 Å². The number of fused-ring (bicyclic) bond motifs is 1. The quantitative estimate of drug-likeness (QED) is 0.908. The number of aromatic carboxylic acids is 1. The smallest absolute Gasteiger partial charge is 0.335 e. The van der Waals surface area contributed by atoms with Crippen LogP contribution in [0.1, 0.15) is 22.3 Å². The van der Waals surface area contributed by atoms with Crippen LogP contribution in [0.3, 0.4) is 0 Å². The van der Waals surface area contributed by atoms with E-state index in [9.17, 15) is 9.59 Å². The van der Waals surface area contributed by atoms with Crippen LogP contribution in [0, 0.1) is 0 Å². The molecule has 5 heteroatoms. The lowest BCUT2D eigenvalue weighted by Crippen LogP contribution is -2.36. The number of carbonyl (C=O) groups is 2. The monoisotopic (exact) mass is 265 g/mol. The van der Waals surface area contributed by atoms with Crippen LogP contribution in [0.5, 0.6) is 0 Å². The summed E-state index contributed by atoms with van der Waals surface area (Å²) in [5.41, 5.74) is 2.11. The van der Waals surface area contributed by atoms with Crippen LogP contribution in [0.15, 0.2) is 18.2 Å². The Morgan fingerprint density at radius 3 is 2.89 bits per heavy atom. The predicted molar refractivity (Wildman–Crippen MR) is 72.5 cm³/mol.